The van der Waals surface area contributed by atoms with Crippen LogP contribution in [0.3, 0.4) is 0 Å². The second-order valence-corrected chi connectivity index (χ2v) is 2.78. The van der Waals surface area contributed by atoms with Gasteiger partial charge in [-0.3, -0.25) is 15.6 Å². The Morgan fingerprint density at radius 1 is 1.67 bits per heavy atom. The Morgan fingerprint density at radius 2 is 2.42 bits per heavy atom. The topological polar surface area (TPSA) is 92.9 Å². The molecule has 1 aromatic heterocycles. The van der Waals surface area contributed by atoms with Gasteiger partial charge in [-0.2, -0.15) is 0 Å². The Balaban J connectivity index is 2.45. The molecule has 0 saturated carbocycles. The highest BCUT2D eigenvalue weighted by Crippen LogP contribution is 1.94. The maximum absolute atomic E-state index is 11.0. The van der Waals surface area contributed by atoms with Crippen LogP contribution in [0.5, 0.6) is 0 Å². The number of hydrazine groups is 1. The van der Waals surface area contributed by atoms with E-state index in [9.17, 15) is 4.79 Å². The SMILES string of the molecule is NC(=S)NNC(=O)c1csnn1. The van der Waals surface area contributed by atoms with E-state index >= 15 is 0 Å². The second-order valence-electron chi connectivity index (χ2n) is 1.73. The molecule has 8 heteroatoms. The van der Waals surface area contributed by atoms with Crippen molar-refractivity contribution in [2.45, 2.75) is 0 Å². The number of carbonyl (C=O) groups excluding carboxylic acids is 1. The quantitative estimate of drug-likeness (QED) is 0.401. The summed E-state index contributed by atoms with van der Waals surface area (Å²) in [6.07, 6.45) is 0. The predicted octanol–water partition coefficient (Wildman–Crippen LogP) is -0.984. The first kappa shape index (κ1) is 8.81. The molecule has 6 nitrogen and oxygen atoms in total. The van der Waals surface area contributed by atoms with Gasteiger partial charge < -0.3 is 5.73 Å². The molecule has 0 bridgehead atoms. The average molecular weight is 203 g/mol. The van der Waals surface area contributed by atoms with Crippen LogP contribution in [-0.4, -0.2) is 20.6 Å². The fourth-order valence-electron chi connectivity index (χ4n) is 0.446. The van der Waals surface area contributed by atoms with E-state index in [0.29, 0.717) is 0 Å². The minimum absolute atomic E-state index is 0.00783. The Bertz CT molecular complexity index is 284. The molecule has 0 atom stereocenters. The minimum Gasteiger partial charge on any atom is -0.375 e. The standard InChI is InChI=1S/C4H5N5OS2/c5-4(11)8-7-3(10)2-1-12-9-6-2/h1H,(H,7,10)(H3,5,8,11). The van der Waals surface area contributed by atoms with Crippen LogP contribution < -0.4 is 16.6 Å². The normalized spacial score (nSPS) is 9.00. The molecule has 0 aromatic carbocycles. The molecule has 0 aliphatic heterocycles. The van der Waals surface area contributed by atoms with Crippen molar-refractivity contribution >= 4 is 34.8 Å². The lowest BCUT2D eigenvalue weighted by Gasteiger charge is -2.02. The maximum atomic E-state index is 11.0. The number of rotatable bonds is 1. The Labute approximate surface area is 77.3 Å². The van der Waals surface area contributed by atoms with Crippen molar-refractivity contribution in [3.8, 4) is 0 Å². The molecule has 4 N–H and O–H groups in total. The first-order valence-corrected chi connectivity index (χ1v) is 4.07. The molecule has 0 fully saturated rings. The van der Waals surface area contributed by atoms with E-state index < -0.39 is 5.91 Å². The van der Waals surface area contributed by atoms with E-state index in [-0.39, 0.29) is 10.8 Å². The van der Waals surface area contributed by atoms with Gasteiger partial charge in [0.05, 0.1) is 0 Å². The van der Waals surface area contributed by atoms with Crippen LogP contribution in [0.15, 0.2) is 5.38 Å². The van der Waals surface area contributed by atoms with Crippen molar-refractivity contribution in [1.82, 2.24) is 20.4 Å². The summed E-state index contributed by atoms with van der Waals surface area (Å²) < 4.78 is 3.51. The Kier molecular flexibility index (Phi) is 2.88. The highest BCUT2D eigenvalue weighted by atomic mass is 32.1. The second kappa shape index (κ2) is 3.93. The summed E-state index contributed by atoms with van der Waals surface area (Å²) in [5.41, 5.74) is 9.81. The van der Waals surface area contributed by atoms with Crippen LogP contribution in [0.1, 0.15) is 10.5 Å². The first-order chi connectivity index (χ1) is 5.70. The van der Waals surface area contributed by atoms with Crippen LogP contribution in [0, 0.1) is 0 Å². The molecule has 0 unspecified atom stereocenters. The molecule has 1 rings (SSSR count). The van der Waals surface area contributed by atoms with Crippen LogP contribution in [0.2, 0.25) is 0 Å². The highest BCUT2D eigenvalue weighted by Gasteiger charge is 2.06. The average Bonchev–Trinajstić information content (AvgIpc) is 2.51. The number of amides is 1. The third-order valence-electron chi connectivity index (χ3n) is 0.892. The van der Waals surface area contributed by atoms with Crippen molar-refractivity contribution in [1.29, 1.82) is 0 Å². The number of nitrogens with zero attached hydrogens (tertiary/aromatic N) is 2. The zero-order valence-electron chi connectivity index (χ0n) is 5.77. The molecule has 12 heavy (non-hydrogen) atoms. The van der Waals surface area contributed by atoms with Crippen molar-refractivity contribution in [3.05, 3.63) is 11.1 Å². The number of thiocarbonyl (C=S) groups is 1. The number of nitrogens with one attached hydrogen (secondary N) is 2. The Morgan fingerprint density at radius 3 is 2.92 bits per heavy atom. The molecule has 0 aliphatic rings. The van der Waals surface area contributed by atoms with Gasteiger partial charge in [0.1, 0.15) is 0 Å². The lowest BCUT2D eigenvalue weighted by atomic mass is 10.5. The van der Waals surface area contributed by atoms with Crippen molar-refractivity contribution in [2.75, 3.05) is 0 Å². The van der Waals surface area contributed by atoms with Gasteiger partial charge in [-0.05, 0) is 23.8 Å². The monoisotopic (exact) mass is 203 g/mol. The fourth-order valence-corrected chi connectivity index (χ4v) is 0.933. The fraction of sp³-hybridized carbons (Fsp3) is 0. The van der Waals surface area contributed by atoms with E-state index in [1.54, 1.807) is 0 Å². The number of hydrogen-bond donors (Lipinski definition) is 3. The Hall–Kier alpha value is -1.28. The molecule has 1 heterocycles. The van der Waals surface area contributed by atoms with Gasteiger partial charge in [0.15, 0.2) is 10.8 Å². The predicted molar refractivity (Wildman–Crippen MR) is 47.3 cm³/mol. The van der Waals surface area contributed by atoms with Crippen LogP contribution in [0.4, 0.5) is 0 Å². The summed E-state index contributed by atoms with van der Waals surface area (Å²) in [7, 11) is 0. The number of hydrogen-bond acceptors (Lipinski definition) is 5. The third kappa shape index (κ3) is 2.40. The highest BCUT2D eigenvalue weighted by molar-refractivity contribution is 7.80. The summed E-state index contributed by atoms with van der Waals surface area (Å²) >= 11 is 5.55. The van der Waals surface area contributed by atoms with E-state index in [2.05, 4.69) is 32.7 Å². The molecule has 1 aromatic rings. The number of aromatic nitrogens is 2. The summed E-state index contributed by atoms with van der Waals surface area (Å²) in [4.78, 5) is 11.0. The van der Waals surface area contributed by atoms with Crippen LogP contribution in [-0.2, 0) is 0 Å². The van der Waals surface area contributed by atoms with Gasteiger partial charge in [-0.1, -0.05) is 4.49 Å². The van der Waals surface area contributed by atoms with Gasteiger partial charge in [0, 0.05) is 5.38 Å². The minimum atomic E-state index is -0.420. The first-order valence-electron chi connectivity index (χ1n) is 2.83. The van der Waals surface area contributed by atoms with Crippen molar-refractivity contribution in [2.24, 2.45) is 5.73 Å². The molecular weight excluding hydrogens is 198 g/mol. The third-order valence-corrected chi connectivity index (χ3v) is 1.50. The largest absolute Gasteiger partial charge is 0.375 e. The van der Waals surface area contributed by atoms with Crippen LogP contribution in [0.25, 0.3) is 0 Å². The summed E-state index contributed by atoms with van der Waals surface area (Å²) in [5, 5.41) is 5.03. The van der Waals surface area contributed by atoms with E-state index in [4.69, 9.17) is 5.73 Å². The van der Waals surface area contributed by atoms with Crippen molar-refractivity contribution < 1.29 is 4.79 Å². The summed E-state index contributed by atoms with van der Waals surface area (Å²) in [6.45, 7) is 0. The van der Waals surface area contributed by atoms with Gasteiger partial charge in [0.2, 0.25) is 0 Å². The zero-order chi connectivity index (χ0) is 8.97. The molecule has 0 saturated heterocycles. The molecule has 64 valence electrons. The van der Waals surface area contributed by atoms with Crippen molar-refractivity contribution in [3.63, 3.8) is 0 Å². The van der Waals surface area contributed by atoms with E-state index in [1.807, 2.05) is 0 Å². The van der Waals surface area contributed by atoms with E-state index in [0.717, 1.165) is 11.5 Å². The smallest absolute Gasteiger partial charge is 0.291 e. The van der Waals surface area contributed by atoms with Gasteiger partial charge in [0.25, 0.3) is 5.91 Å². The summed E-state index contributed by atoms with van der Waals surface area (Å²) in [6, 6.07) is 0. The van der Waals surface area contributed by atoms with Gasteiger partial charge in [-0.15, -0.1) is 5.10 Å². The maximum Gasteiger partial charge on any atom is 0.291 e. The van der Waals surface area contributed by atoms with E-state index in [1.165, 1.54) is 5.38 Å². The molecule has 0 spiro atoms. The summed E-state index contributed by atoms with van der Waals surface area (Å²) in [5.74, 6) is -0.420. The lowest BCUT2D eigenvalue weighted by molar-refractivity contribution is 0.0939. The molecular formula is C4H5N5OS2. The lowest BCUT2D eigenvalue weighted by Crippen LogP contribution is -2.44. The van der Waals surface area contributed by atoms with Gasteiger partial charge in [-0.25, -0.2) is 0 Å². The zero-order valence-corrected chi connectivity index (χ0v) is 7.41. The van der Waals surface area contributed by atoms with Crippen LogP contribution >= 0.6 is 23.8 Å². The van der Waals surface area contributed by atoms with Gasteiger partial charge >= 0.3 is 0 Å². The molecule has 1 amide bonds. The molecule has 0 radical (unpaired) electrons. The number of nitrogens with two attached hydrogens (primary N) is 1. The molecule has 0 aliphatic carbocycles. The number of carbonyl (C=O) groups is 1.